The summed E-state index contributed by atoms with van der Waals surface area (Å²) in [5.41, 5.74) is 1.24. The second kappa shape index (κ2) is 3.21. The summed E-state index contributed by atoms with van der Waals surface area (Å²) in [6, 6.07) is 3.35. The molecule has 0 radical (unpaired) electrons. The maximum Gasteiger partial charge on any atom is 0.365 e. The Morgan fingerprint density at radius 2 is 2.07 bits per heavy atom. The van der Waals surface area contributed by atoms with Gasteiger partial charge in [-0.1, -0.05) is 13.3 Å². The summed E-state index contributed by atoms with van der Waals surface area (Å²) in [4.78, 5) is 26.3. The number of fused-ring (bicyclic) bond motifs is 1. The second-order valence-corrected chi connectivity index (χ2v) is 3.13. The number of aromatic nitrogens is 1. The summed E-state index contributed by atoms with van der Waals surface area (Å²) in [5.74, 6) is -1.23. The molecule has 0 spiro atoms. The third-order valence-electron chi connectivity index (χ3n) is 2.06. The van der Waals surface area contributed by atoms with E-state index in [1.54, 1.807) is 12.1 Å². The second-order valence-electron chi connectivity index (χ2n) is 3.13. The van der Waals surface area contributed by atoms with Crippen molar-refractivity contribution in [1.82, 2.24) is 4.98 Å². The Morgan fingerprint density at radius 3 is 2.79 bits per heavy atom. The fourth-order valence-electron chi connectivity index (χ4n) is 1.40. The van der Waals surface area contributed by atoms with Crippen LogP contribution in [-0.2, 0) is 11.2 Å². The van der Waals surface area contributed by atoms with Crippen molar-refractivity contribution in [2.24, 2.45) is 0 Å². The molecule has 0 atom stereocenters. The van der Waals surface area contributed by atoms with Gasteiger partial charge < -0.3 is 4.74 Å². The highest BCUT2D eigenvalue weighted by Gasteiger charge is 2.31. The van der Waals surface area contributed by atoms with Crippen molar-refractivity contribution in [3.05, 3.63) is 29.1 Å². The van der Waals surface area contributed by atoms with E-state index in [1.807, 2.05) is 6.92 Å². The lowest BCUT2D eigenvalue weighted by Gasteiger charge is -1.97. The molecule has 0 aliphatic carbocycles. The topological polar surface area (TPSA) is 56.3 Å². The Labute approximate surface area is 80.9 Å². The van der Waals surface area contributed by atoms with Crippen molar-refractivity contribution in [3.63, 3.8) is 0 Å². The van der Waals surface area contributed by atoms with E-state index in [2.05, 4.69) is 9.72 Å². The van der Waals surface area contributed by atoms with E-state index in [4.69, 9.17) is 0 Å². The smallest absolute Gasteiger partial charge is 0.365 e. The van der Waals surface area contributed by atoms with E-state index < -0.39 is 11.9 Å². The van der Waals surface area contributed by atoms with Crippen LogP contribution >= 0.6 is 0 Å². The number of carbonyl (C=O) groups excluding carboxylic acids is 2. The van der Waals surface area contributed by atoms with Gasteiger partial charge in [0.15, 0.2) is 5.69 Å². The van der Waals surface area contributed by atoms with Gasteiger partial charge in [0.25, 0.3) is 0 Å². The minimum atomic E-state index is -0.636. The molecule has 0 fully saturated rings. The fourth-order valence-corrected chi connectivity index (χ4v) is 1.40. The third kappa shape index (κ3) is 1.28. The molecule has 14 heavy (non-hydrogen) atoms. The van der Waals surface area contributed by atoms with Gasteiger partial charge in [0, 0.05) is 5.69 Å². The summed E-state index contributed by atoms with van der Waals surface area (Å²) in [5, 5.41) is 0. The number of carbonyl (C=O) groups is 2. The van der Waals surface area contributed by atoms with Crippen molar-refractivity contribution in [3.8, 4) is 0 Å². The average molecular weight is 191 g/mol. The Bertz CT molecular complexity index is 412. The van der Waals surface area contributed by atoms with Crippen LogP contribution in [0.1, 0.15) is 39.9 Å². The van der Waals surface area contributed by atoms with Crippen LogP contribution in [0.2, 0.25) is 0 Å². The molecule has 2 heterocycles. The Hall–Kier alpha value is -1.71. The van der Waals surface area contributed by atoms with Gasteiger partial charge in [-0.15, -0.1) is 0 Å². The lowest BCUT2D eigenvalue weighted by molar-refractivity contribution is 0.0441. The van der Waals surface area contributed by atoms with Crippen LogP contribution in [0.4, 0.5) is 0 Å². The highest BCUT2D eigenvalue weighted by molar-refractivity contribution is 6.13. The monoisotopic (exact) mass is 191 g/mol. The zero-order valence-electron chi connectivity index (χ0n) is 7.74. The van der Waals surface area contributed by atoms with Crippen molar-refractivity contribution in [1.29, 1.82) is 0 Å². The van der Waals surface area contributed by atoms with Gasteiger partial charge in [0.05, 0.1) is 5.56 Å². The van der Waals surface area contributed by atoms with Crippen LogP contribution in [0.5, 0.6) is 0 Å². The third-order valence-corrected chi connectivity index (χ3v) is 2.06. The van der Waals surface area contributed by atoms with Gasteiger partial charge in [-0.05, 0) is 18.6 Å². The molecule has 4 heteroatoms. The normalized spacial score (nSPS) is 14.1. The van der Waals surface area contributed by atoms with Crippen molar-refractivity contribution in [2.75, 3.05) is 0 Å². The molecule has 4 nitrogen and oxygen atoms in total. The van der Waals surface area contributed by atoms with Crippen LogP contribution in [-0.4, -0.2) is 16.9 Å². The highest BCUT2D eigenvalue weighted by atomic mass is 16.6. The molecule has 0 unspecified atom stereocenters. The molecule has 2 rings (SSSR count). The van der Waals surface area contributed by atoms with E-state index in [-0.39, 0.29) is 11.3 Å². The summed E-state index contributed by atoms with van der Waals surface area (Å²) in [7, 11) is 0. The fraction of sp³-hybridized carbons (Fsp3) is 0.300. The predicted molar refractivity (Wildman–Crippen MR) is 48.0 cm³/mol. The van der Waals surface area contributed by atoms with E-state index in [1.165, 1.54) is 0 Å². The van der Waals surface area contributed by atoms with Gasteiger partial charge in [0.1, 0.15) is 0 Å². The summed E-state index contributed by atoms with van der Waals surface area (Å²) < 4.78 is 4.42. The minimum absolute atomic E-state index is 0.154. The Kier molecular flexibility index (Phi) is 2.04. The lowest BCUT2D eigenvalue weighted by Crippen LogP contribution is -2.00. The van der Waals surface area contributed by atoms with Gasteiger partial charge in [-0.3, -0.25) is 0 Å². The molecule has 0 saturated carbocycles. The molecule has 1 aliphatic rings. The van der Waals surface area contributed by atoms with Gasteiger partial charge in [-0.25, -0.2) is 14.6 Å². The molecule has 72 valence electrons. The molecule has 1 aromatic heterocycles. The van der Waals surface area contributed by atoms with Crippen LogP contribution in [0, 0.1) is 0 Å². The number of esters is 2. The van der Waals surface area contributed by atoms with Crippen molar-refractivity contribution in [2.45, 2.75) is 19.8 Å². The predicted octanol–water partition coefficient (Wildman–Crippen LogP) is 1.34. The van der Waals surface area contributed by atoms with Crippen LogP contribution in [0.15, 0.2) is 12.1 Å². The Balaban J connectivity index is 2.44. The molecule has 1 aromatic rings. The lowest BCUT2D eigenvalue weighted by atomic mass is 10.1. The summed E-state index contributed by atoms with van der Waals surface area (Å²) in [6.07, 6.45) is 1.75. The number of pyridine rings is 1. The quantitative estimate of drug-likeness (QED) is 0.523. The largest absolute Gasteiger partial charge is 0.384 e. The molecular weight excluding hydrogens is 182 g/mol. The first-order valence-corrected chi connectivity index (χ1v) is 4.49. The first-order valence-electron chi connectivity index (χ1n) is 4.49. The molecular formula is C10H9NO3. The standard InChI is InChI=1S/C10H9NO3/c1-2-3-6-4-5-7-8(11-6)10(13)14-9(7)12/h4-5H,2-3H2,1H3. The molecule has 0 bridgehead atoms. The maximum absolute atomic E-state index is 11.1. The number of cyclic esters (lactones) is 2. The van der Waals surface area contributed by atoms with Crippen LogP contribution in [0.3, 0.4) is 0 Å². The average Bonchev–Trinajstić information content (AvgIpc) is 2.43. The van der Waals surface area contributed by atoms with Gasteiger partial charge >= 0.3 is 11.9 Å². The molecule has 0 amide bonds. The van der Waals surface area contributed by atoms with E-state index in [0.29, 0.717) is 0 Å². The zero-order valence-corrected chi connectivity index (χ0v) is 7.74. The van der Waals surface area contributed by atoms with Crippen molar-refractivity contribution >= 4 is 11.9 Å². The minimum Gasteiger partial charge on any atom is -0.384 e. The number of hydrogen-bond donors (Lipinski definition) is 0. The van der Waals surface area contributed by atoms with Gasteiger partial charge in [0.2, 0.25) is 0 Å². The molecule has 0 saturated heterocycles. The number of ether oxygens (including phenoxy) is 1. The van der Waals surface area contributed by atoms with Crippen molar-refractivity contribution < 1.29 is 14.3 Å². The van der Waals surface area contributed by atoms with E-state index in [0.717, 1.165) is 18.5 Å². The molecule has 0 N–H and O–H groups in total. The maximum atomic E-state index is 11.1. The van der Waals surface area contributed by atoms with Gasteiger partial charge in [-0.2, -0.15) is 0 Å². The SMILES string of the molecule is CCCc1ccc2c(n1)C(=O)OC2=O. The Morgan fingerprint density at radius 1 is 1.29 bits per heavy atom. The van der Waals surface area contributed by atoms with Crippen LogP contribution < -0.4 is 0 Å². The molecule has 0 aromatic carbocycles. The number of hydrogen-bond acceptors (Lipinski definition) is 4. The molecule has 1 aliphatic heterocycles. The zero-order chi connectivity index (χ0) is 10.1. The summed E-state index contributed by atoms with van der Waals surface area (Å²) >= 11 is 0. The summed E-state index contributed by atoms with van der Waals surface area (Å²) in [6.45, 7) is 2.03. The number of nitrogens with zero attached hydrogens (tertiary/aromatic N) is 1. The first kappa shape index (κ1) is 8.87. The van der Waals surface area contributed by atoms with E-state index in [9.17, 15) is 9.59 Å². The number of rotatable bonds is 2. The van der Waals surface area contributed by atoms with Crippen LogP contribution in [0.25, 0.3) is 0 Å². The highest BCUT2D eigenvalue weighted by Crippen LogP contribution is 2.18. The first-order chi connectivity index (χ1) is 6.72. The van der Waals surface area contributed by atoms with E-state index >= 15 is 0 Å². The number of aryl methyl sites for hydroxylation is 1.